The van der Waals surface area contributed by atoms with E-state index in [2.05, 4.69) is 5.32 Å². The fraction of sp³-hybridized carbons (Fsp3) is 0.500. The molecule has 3 rings (SSSR count). The van der Waals surface area contributed by atoms with Crippen molar-refractivity contribution < 1.29 is 14.7 Å². The highest BCUT2D eigenvalue weighted by atomic mass is 16.4. The van der Waals surface area contributed by atoms with Crippen molar-refractivity contribution in [1.29, 1.82) is 0 Å². The van der Waals surface area contributed by atoms with Gasteiger partial charge >= 0.3 is 5.97 Å². The highest BCUT2D eigenvalue weighted by molar-refractivity contribution is 5.78. The van der Waals surface area contributed by atoms with Gasteiger partial charge in [-0.2, -0.15) is 0 Å². The van der Waals surface area contributed by atoms with Gasteiger partial charge in [-0.15, -0.1) is 0 Å². The van der Waals surface area contributed by atoms with E-state index in [1.54, 1.807) is 0 Å². The number of nitrogens with one attached hydrogen (secondary N) is 1. The molecule has 1 aliphatic heterocycles. The fourth-order valence-corrected chi connectivity index (χ4v) is 2.83. The maximum absolute atomic E-state index is 11.8. The van der Waals surface area contributed by atoms with E-state index in [9.17, 15) is 14.7 Å². The Labute approximate surface area is 123 Å². The summed E-state index contributed by atoms with van der Waals surface area (Å²) in [4.78, 5) is 25.1. The molecular formula is C16H20N2O3. The summed E-state index contributed by atoms with van der Waals surface area (Å²) in [6.45, 7) is 1.04. The molecule has 1 amide bonds. The van der Waals surface area contributed by atoms with Crippen LogP contribution < -0.4 is 10.2 Å². The molecule has 0 saturated heterocycles. The van der Waals surface area contributed by atoms with Gasteiger partial charge in [0.15, 0.2) is 0 Å². The Kier molecular flexibility index (Phi) is 3.82. The number of rotatable bonds is 5. The topological polar surface area (TPSA) is 69.6 Å². The monoisotopic (exact) mass is 288 g/mol. The van der Waals surface area contributed by atoms with Crippen molar-refractivity contribution >= 4 is 17.6 Å². The van der Waals surface area contributed by atoms with Crippen molar-refractivity contribution in [3.63, 3.8) is 0 Å². The van der Waals surface area contributed by atoms with Gasteiger partial charge in [-0.25, -0.2) is 0 Å². The van der Waals surface area contributed by atoms with Gasteiger partial charge in [0, 0.05) is 31.2 Å². The summed E-state index contributed by atoms with van der Waals surface area (Å²) in [5.41, 5.74) is 2.12. The third-order valence-electron chi connectivity index (χ3n) is 4.14. The van der Waals surface area contributed by atoms with Crippen LogP contribution in [0.4, 0.5) is 5.69 Å². The molecule has 0 bridgehead atoms. The third-order valence-corrected chi connectivity index (χ3v) is 4.14. The average Bonchev–Trinajstić information content (AvgIpc) is 3.28. The van der Waals surface area contributed by atoms with Crippen LogP contribution in [0.1, 0.15) is 24.8 Å². The number of carboxylic acid groups (broad SMARTS) is 1. The standard InChI is InChI=1S/C16H20N2O3/c19-15(17-13-5-6-13)7-8-18-10-12(16(20)21)9-11-3-1-2-4-14(11)18/h1-4,12-13H,5-10H2,(H,17,19)(H,20,21). The second kappa shape index (κ2) is 5.76. The van der Waals surface area contributed by atoms with Crippen LogP contribution in [0.2, 0.25) is 0 Å². The number of anilines is 1. The second-order valence-electron chi connectivity index (χ2n) is 5.91. The SMILES string of the molecule is O=C(CCN1CC(C(=O)O)Cc2ccccc21)NC1CC1. The molecule has 2 aliphatic rings. The number of hydrogen-bond donors (Lipinski definition) is 2. The summed E-state index contributed by atoms with van der Waals surface area (Å²) >= 11 is 0. The lowest BCUT2D eigenvalue weighted by atomic mass is 9.92. The first-order valence-corrected chi connectivity index (χ1v) is 7.48. The maximum Gasteiger partial charge on any atom is 0.308 e. The van der Waals surface area contributed by atoms with Gasteiger partial charge in [0.2, 0.25) is 5.91 Å². The number of carbonyl (C=O) groups is 2. The van der Waals surface area contributed by atoms with Crippen LogP contribution in [-0.4, -0.2) is 36.1 Å². The van der Waals surface area contributed by atoms with Crippen molar-refractivity contribution in [2.24, 2.45) is 5.92 Å². The van der Waals surface area contributed by atoms with Gasteiger partial charge in [-0.3, -0.25) is 9.59 Å². The molecule has 1 unspecified atom stereocenters. The smallest absolute Gasteiger partial charge is 0.308 e. The summed E-state index contributed by atoms with van der Waals surface area (Å²) in [6.07, 6.45) is 3.15. The van der Waals surface area contributed by atoms with Gasteiger partial charge in [0.25, 0.3) is 0 Å². The molecule has 0 aromatic heterocycles. The van der Waals surface area contributed by atoms with Crippen molar-refractivity contribution in [1.82, 2.24) is 5.32 Å². The third kappa shape index (κ3) is 3.35. The minimum atomic E-state index is -0.767. The Morgan fingerprint density at radius 1 is 1.29 bits per heavy atom. The Morgan fingerprint density at radius 3 is 2.76 bits per heavy atom. The number of para-hydroxylation sites is 1. The molecule has 0 spiro atoms. The number of fused-ring (bicyclic) bond motifs is 1. The van der Waals surface area contributed by atoms with E-state index in [1.807, 2.05) is 29.2 Å². The number of aliphatic carboxylic acids is 1. The van der Waals surface area contributed by atoms with Gasteiger partial charge < -0.3 is 15.3 Å². The molecule has 5 heteroatoms. The zero-order chi connectivity index (χ0) is 14.8. The van der Waals surface area contributed by atoms with E-state index in [-0.39, 0.29) is 5.91 Å². The normalized spacial score (nSPS) is 20.8. The van der Waals surface area contributed by atoms with E-state index in [1.165, 1.54) is 0 Å². The quantitative estimate of drug-likeness (QED) is 0.859. The summed E-state index contributed by atoms with van der Waals surface area (Å²) in [5, 5.41) is 12.2. The summed E-state index contributed by atoms with van der Waals surface area (Å²) in [5.74, 6) is -1.10. The van der Waals surface area contributed by atoms with Gasteiger partial charge in [-0.05, 0) is 30.9 Å². The van der Waals surface area contributed by atoms with E-state index < -0.39 is 11.9 Å². The van der Waals surface area contributed by atoms with Crippen LogP contribution >= 0.6 is 0 Å². The first-order valence-electron chi connectivity index (χ1n) is 7.48. The largest absolute Gasteiger partial charge is 0.481 e. The van der Waals surface area contributed by atoms with E-state index in [0.29, 0.717) is 32.0 Å². The van der Waals surface area contributed by atoms with E-state index in [4.69, 9.17) is 0 Å². The summed E-state index contributed by atoms with van der Waals surface area (Å²) in [7, 11) is 0. The lowest BCUT2D eigenvalue weighted by Crippen LogP contribution is -2.41. The molecule has 5 nitrogen and oxygen atoms in total. The van der Waals surface area contributed by atoms with Crippen molar-refractivity contribution in [3.8, 4) is 0 Å². The Morgan fingerprint density at radius 2 is 2.05 bits per heavy atom. The van der Waals surface area contributed by atoms with Crippen LogP contribution in [0.5, 0.6) is 0 Å². The van der Waals surface area contributed by atoms with Crippen LogP contribution in [0.3, 0.4) is 0 Å². The zero-order valence-corrected chi connectivity index (χ0v) is 11.9. The van der Waals surface area contributed by atoms with Crippen molar-refractivity contribution in [2.45, 2.75) is 31.7 Å². The predicted molar refractivity (Wildman–Crippen MR) is 79.3 cm³/mol. The number of hydrogen-bond acceptors (Lipinski definition) is 3. The molecule has 1 aliphatic carbocycles. The van der Waals surface area contributed by atoms with Crippen LogP contribution in [0, 0.1) is 5.92 Å². The highest BCUT2D eigenvalue weighted by Gasteiger charge is 2.29. The lowest BCUT2D eigenvalue weighted by molar-refractivity contribution is -0.141. The summed E-state index contributed by atoms with van der Waals surface area (Å²) in [6, 6.07) is 8.24. The predicted octanol–water partition coefficient (Wildman–Crippen LogP) is 1.42. The molecule has 21 heavy (non-hydrogen) atoms. The first-order chi connectivity index (χ1) is 10.1. The number of carbonyl (C=O) groups excluding carboxylic acids is 1. The molecule has 1 aromatic carbocycles. The molecule has 2 N–H and O–H groups in total. The van der Waals surface area contributed by atoms with Gasteiger partial charge in [-0.1, -0.05) is 18.2 Å². The summed E-state index contributed by atoms with van der Waals surface area (Å²) < 4.78 is 0. The van der Waals surface area contributed by atoms with Crippen molar-refractivity contribution in [3.05, 3.63) is 29.8 Å². The molecule has 1 saturated carbocycles. The number of carboxylic acids is 1. The van der Waals surface area contributed by atoms with Crippen molar-refractivity contribution in [2.75, 3.05) is 18.0 Å². The minimum Gasteiger partial charge on any atom is -0.481 e. The molecular weight excluding hydrogens is 268 g/mol. The molecule has 1 aromatic rings. The number of nitrogens with zero attached hydrogens (tertiary/aromatic N) is 1. The number of amides is 1. The fourth-order valence-electron chi connectivity index (χ4n) is 2.83. The molecule has 1 atom stereocenters. The Bertz CT molecular complexity index is 554. The highest BCUT2D eigenvalue weighted by Crippen LogP contribution is 2.29. The van der Waals surface area contributed by atoms with E-state index in [0.717, 1.165) is 24.1 Å². The maximum atomic E-state index is 11.8. The van der Waals surface area contributed by atoms with E-state index >= 15 is 0 Å². The first kappa shape index (κ1) is 13.9. The van der Waals surface area contributed by atoms with Crippen LogP contribution in [0.25, 0.3) is 0 Å². The van der Waals surface area contributed by atoms with Crippen LogP contribution in [0.15, 0.2) is 24.3 Å². The lowest BCUT2D eigenvalue weighted by Gasteiger charge is -2.34. The zero-order valence-electron chi connectivity index (χ0n) is 11.9. The van der Waals surface area contributed by atoms with Crippen LogP contribution in [-0.2, 0) is 16.0 Å². The van der Waals surface area contributed by atoms with Gasteiger partial charge in [0.1, 0.15) is 0 Å². The second-order valence-corrected chi connectivity index (χ2v) is 5.91. The average molecular weight is 288 g/mol. The molecule has 112 valence electrons. The minimum absolute atomic E-state index is 0.0624. The molecule has 1 heterocycles. The molecule has 0 radical (unpaired) electrons. The Hall–Kier alpha value is -2.04. The molecule has 1 fully saturated rings. The number of benzene rings is 1. The van der Waals surface area contributed by atoms with Gasteiger partial charge in [0.05, 0.1) is 5.92 Å². The Balaban J connectivity index is 1.67.